The predicted molar refractivity (Wildman–Crippen MR) is 224 cm³/mol. The van der Waals surface area contributed by atoms with Gasteiger partial charge in [0.15, 0.2) is 0 Å². The highest BCUT2D eigenvalue weighted by atomic mass is 32.2. The third kappa shape index (κ3) is 10.1. The van der Waals surface area contributed by atoms with E-state index in [0.29, 0.717) is 48.5 Å². The number of hydrogen-bond acceptors (Lipinski definition) is 20. The number of fused-ring (bicyclic) bond motifs is 2. The summed E-state index contributed by atoms with van der Waals surface area (Å²) in [5.41, 5.74) is -3.80. The van der Waals surface area contributed by atoms with Crippen LogP contribution in [-0.2, 0) is 60.7 Å². The lowest BCUT2D eigenvalue weighted by molar-refractivity contribution is 0.456. The fourth-order valence-electron chi connectivity index (χ4n) is 6.09. The summed E-state index contributed by atoms with van der Waals surface area (Å²) in [6, 6.07) is 7.98. The minimum Gasteiger partial charge on any atom is -0.507 e. The zero-order valence-electron chi connectivity index (χ0n) is 31.7. The Morgan fingerprint density at radius 3 is 0.939 bits per heavy atom. The van der Waals surface area contributed by atoms with Crippen LogP contribution >= 0.6 is 0 Å². The smallest absolute Gasteiger partial charge is 0.296 e. The molecule has 6 aromatic carbocycles. The van der Waals surface area contributed by atoms with Crippen LogP contribution in [0.15, 0.2) is 123 Å². The molecule has 0 aromatic heterocycles. The molecule has 0 aliphatic rings. The summed E-state index contributed by atoms with van der Waals surface area (Å²) >= 11 is 0. The minimum absolute atomic E-state index is 0.403. The van der Waals surface area contributed by atoms with E-state index in [1.54, 1.807) is 0 Å². The standard InChI is InChI=1S/C34H24N4O22S6/c39-23-11-19(61(43,44)45)9-21-31(23)25(41)13-29(65(55,56)57)33(21)37-35-17-5-3-15(27(7-17)63(49,50)51)1-2-16-4-6-18(8-28(16)64(52,53)54)36-38-34-22-10-20(62(46,47)48)12-24(40)32(22)26(42)14-30(34)66(58,59)60/h1-14,39-42H,(H,43,44,45)(H,46,47,48)(H,49,50,51)(H,52,53,54)(H,55,56,57)(H,58,59,60)/b2-1+,37-35?,38-36?. The summed E-state index contributed by atoms with van der Waals surface area (Å²) in [6.07, 6.45) is 1.78. The molecule has 0 aliphatic heterocycles. The van der Waals surface area contributed by atoms with E-state index >= 15 is 0 Å². The van der Waals surface area contributed by atoms with E-state index in [2.05, 4.69) is 20.5 Å². The Balaban J connectivity index is 1.44. The SMILES string of the molecule is O=S(=O)(O)c1cc(O)c2c(O)cc(S(=O)(=O)O)c(N=Nc3ccc(/C=C/c4ccc(N=Nc5c(S(=O)(=O)O)cc(O)c6c(O)cc(S(=O)(=O)O)cc56)cc4S(=O)(=O)O)c(S(=O)(=O)O)c3)c2c1. The second-order valence-corrected chi connectivity index (χ2v) is 21.6. The molecule has 0 radical (unpaired) electrons. The predicted octanol–water partition coefficient (Wildman–Crippen LogP) is 5.30. The molecule has 0 fully saturated rings. The van der Waals surface area contributed by atoms with Gasteiger partial charge < -0.3 is 20.4 Å². The van der Waals surface area contributed by atoms with Gasteiger partial charge in [-0.3, -0.25) is 27.3 Å². The molecule has 6 rings (SSSR count). The summed E-state index contributed by atoms with van der Waals surface area (Å²) in [5.74, 6) is -4.07. The molecule has 0 amide bonds. The van der Waals surface area contributed by atoms with Gasteiger partial charge in [-0.05, 0) is 47.5 Å². The zero-order chi connectivity index (χ0) is 49.3. The average Bonchev–Trinajstić information content (AvgIpc) is 3.16. The first-order valence-electron chi connectivity index (χ1n) is 16.9. The number of hydrogen-bond donors (Lipinski definition) is 10. The molecule has 6 aromatic rings. The fourth-order valence-corrected chi connectivity index (χ4v) is 9.87. The van der Waals surface area contributed by atoms with Crippen LogP contribution in [0.3, 0.4) is 0 Å². The zero-order valence-corrected chi connectivity index (χ0v) is 36.6. The van der Waals surface area contributed by atoms with Crippen molar-refractivity contribution in [2.24, 2.45) is 20.5 Å². The van der Waals surface area contributed by atoms with Crippen LogP contribution in [-0.4, -0.2) is 98.2 Å². The Morgan fingerprint density at radius 2 is 0.652 bits per heavy atom. The van der Waals surface area contributed by atoms with Crippen molar-refractivity contribution in [2.75, 3.05) is 0 Å². The molecule has 0 saturated heterocycles. The summed E-state index contributed by atoms with van der Waals surface area (Å²) < 4.78 is 205. The molecule has 0 bridgehead atoms. The molecule has 0 aliphatic carbocycles. The van der Waals surface area contributed by atoms with Crippen molar-refractivity contribution in [3.8, 4) is 23.0 Å². The van der Waals surface area contributed by atoms with Crippen LogP contribution in [0.4, 0.5) is 22.7 Å². The third-order valence-electron chi connectivity index (χ3n) is 8.88. The van der Waals surface area contributed by atoms with Crippen LogP contribution in [0.1, 0.15) is 11.1 Å². The number of rotatable bonds is 12. The maximum Gasteiger partial charge on any atom is 0.296 e. The molecule has 32 heteroatoms. The second-order valence-electron chi connectivity index (χ2n) is 13.2. The van der Waals surface area contributed by atoms with E-state index < -0.39 is 169 Å². The summed E-state index contributed by atoms with van der Waals surface area (Å²) in [6.45, 7) is 0. The van der Waals surface area contributed by atoms with E-state index in [-0.39, 0.29) is 0 Å². The van der Waals surface area contributed by atoms with Gasteiger partial charge in [-0.25, -0.2) is 0 Å². The van der Waals surface area contributed by atoms with Crippen LogP contribution in [0.25, 0.3) is 33.7 Å². The molecular weight excluding hydrogens is 1010 g/mol. The van der Waals surface area contributed by atoms with Gasteiger partial charge in [0, 0.05) is 35.0 Å². The van der Waals surface area contributed by atoms with E-state index in [0.717, 1.165) is 36.4 Å². The molecule has 26 nitrogen and oxygen atoms in total. The van der Waals surface area contributed by atoms with Crippen LogP contribution in [0.2, 0.25) is 0 Å². The quantitative estimate of drug-likeness (QED) is 0.0422. The third-order valence-corrected chi connectivity index (χ3v) is 14.1. The van der Waals surface area contributed by atoms with Crippen LogP contribution in [0, 0.1) is 0 Å². The Kier molecular flexibility index (Phi) is 12.4. The summed E-state index contributed by atoms with van der Waals surface area (Å²) in [7, 11) is -31.4. The highest BCUT2D eigenvalue weighted by Gasteiger charge is 2.27. The lowest BCUT2D eigenvalue weighted by Gasteiger charge is -2.11. The Labute approximate surface area is 370 Å². The molecule has 0 spiro atoms. The van der Waals surface area contributed by atoms with Gasteiger partial charge >= 0.3 is 0 Å². The van der Waals surface area contributed by atoms with Gasteiger partial charge in [0.25, 0.3) is 60.7 Å². The van der Waals surface area contributed by atoms with Crippen molar-refractivity contribution >= 4 is 117 Å². The maximum absolute atomic E-state index is 12.5. The first kappa shape index (κ1) is 48.9. The van der Waals surface area contributed by atoms with Gasteiger partial charge in [-0.1, -0.05) is 24.3 Å². The topological polar surface area (TPSA) is 457 Å². The largest absolute Gasteiger partial charge is 0.507 e. The normalized spacial score (nSPS) is 13.5. The van der Waals surface area contributed by atoms with Crippen LogP contribution < -0.4 is 0 Å². The van der Waals surface area contributed by atoms with Crippen molar-refractivity contribution in [3.05, 3.63) is 83.9 Å². The van der Waals surface area contributed by atoms with E-state index in [9.17, 15) is 98.2 Å². The van der Waals surface area contributed by atoms with Gasteiger partial charge in [-0.15, -0.1) is 10.2 Å². The number of azo groups is 2. The number of phenols is 4. The minimum atomic E-state index is -5.34. The first-order valence-corrected chi connectivity index (χ1v) is 25.5. The van der Waals surface area contributed by atoms with Gasteiger partial charge in [0.05, 0.1) is 31.9 Å². The first-order chi connectivity index (χ1) is 30.2. The van der Waals surface area contributed by atoms with E-state index in [4.69, 9.17) is 0 Å². The molecule has 66 heavy (non-hydrogen) atoms. The molecular formula is C34H24N4O22S6. The molecule has 348 valence electrons. The van der Waals surface area contributed by atoms with Gasteiger partial charge in [0.1, 0.15) is 54.0 Å². The summed E-state index contributed by atoms with van der Waals surface area (Å²) in [5, 5.41) is 53.5. The Morgan fingerprint density at radius 1 is 0.348 bits per heavy atom. The molecule has 0 atom stereocenters. The average molecular weight is 1030 g/mol. The molecule has 0 saturated carbocycles. The van der Waals surface area contributed by atoms with Gasteiger partial charge in [0.2, 0.25) is 0 Å². The Bertz CT molecular complexity index is 3640. The maximum atomic E-state index is 12.5. The van der Waals surface area contributed by atoms with Crippen LogP contribution in [0.5, 0.6) is 23.0 Å². The lowest BCUT2D eigenvalue weighted by atomic mass is 10.1. The van der Waals surface area contributed by atoms with Crippen molar-refractivity contribution < 1.29 is 98.2 Å². The lowest BCUT2D eigenvalue weighted by Crippen LogP contribution is -2.02. The highest BCUT2D eigenvalue weighted by Crippen LogP contribution is 2.46. The Hall–Kier alpha value is -6.56. The van der Waals surface area contributed by atoms with Gasteiger partial charge in [-0.2, -0.15) is 60.7 Å². The van der Waals surface area contributed by atoms with E-state index in [1.165, 1.54) is 0 Å². The second kappa shape index (κ2) is 16.7. The number of aromatic hydroxyl groups is 4. The van der Waals surface area contributed by atoms with Crippen molar-refractivity contribution in [2.45, 2.75) is 29.4 Å². The highest BCUT2D eigenvalue weighted by molar-refractivity contribution is 7.87. The van der Waals surface area contributed by atoms with E-state index in [1.807, 2.05) is 0 Å². The molecule has 0 unspecified atom stereocenters. The fraction of sp³-hybridized carbons (Fsp3) is 0. The monoisotopic (exact) mass is 1030 g/mol. The number of benzene rings is 6. The number of phenolic OH excluding ortho intramolecular Hbond substituents is 4. The summed E-state index contributed by atoms with van der Waals surface area (Å²) in [4.78, 5) is -6.46. The molecule has 0 heterocycles. The number of nitrogens with zero attached hydrogens (tertiary/aromatic N) is 4. The molecule has 10 N–H and O–H groups in total. The van der Waals surface area contributed by atoms with Crippen molar-refractivity contribution in [1.29, 1.82) is 0 Å². The van der Waals surface area contributed by atoms with Crippen molar-refractivity contribution in [3.63, 3.8) is 0 Å². The van der Waals surface area contributed by atoms with Crippen molar-refractivity contribution in [1.82, 2.24) is 0 Å².